The highest BCUT2D eigenvalue weighted by atomic mass is 16.4. The van der Waals surface area contributed by atoms with E-state index in [-0.39, 0.29) is 18.4 Å². The zero-order chi connectivity index (χ0) is 13.3. The number of rotatable bonds is 9. The van der Waals surface area contributed by atoms with Crippen molar-refractivity contribution in [3.8, 4) is 0 Å². The van der Waals surface area contributed by atoms with E-state index < -0.39 is 5.97 Å². The lowest BCUT2D eigenvalue weighted by Gasteiger charge is -2.26. The molecule has 100 valence electrons. The van der Waals surface area contributed by atoms with Crippen LogP contribution in [0.4, 0.5) is 0 Å². The van der Waals surface area contributed by atoms with Crippen molar-refractivity contribution in [3.05, 3.63) is 0 Å². The van der Waals surface area contributed by atoms with Crippen LogP contribution in [0.25, 0.3) is 0 Å². The lowest BCUT2D eigenvalue weighted by Crippen LogP contribution is -2.38. The van der Waals surface area contributed by atoms with Gasteiger partial charge in [-0.15, -0.1) is 0 Å². The number of carboxylic acid groups (broad SMARTS) is 1. The maximum absolute atomic E-state index is 11.9. The molecule has 0 saturated carbocycles. The van der Waals surface area contributed by atoms with Crippen LogP contribution in [0.2, 0.25) is 0 Å². The van der Waals surface area contributed by atoms with Crippen LogP contribution < -0.4 is 5.73 Å². The topological polar surface area (TPSA) is 83.6 Å². The van der Waals surface area contributed by atoms with Crippen LogP contribution >= 0.6 is 0 Å². The first-order valence-electron chi connectivity index (χ1n) is 6.20. The van der Waals surface area contributed by atoms with Crippen LogP contribution in [0.3, 0.4) is 0 Å². The minimum atomic E-state index is -0.869. The van der Waals surface area contributed by atoms with E-state index in [0.29, 0.717) is 19.5 Å². The summed E-state index contributed by atoms with van der Waals surface area (Å²) in [6, 6.07) is 0.0522. The quantitative estimate of drug-likeness (QED) is 0.597. The summed E-state index contributed by atoms with van der Waals surface area (Å²) in [7, 11) is 0. The normalized spacial score (nSPS) is 10.6. The van der Waals surface area contributed by atoms with Gasteiger partial charge >= 0.3 is 5.97 Å². The summed E-state index contributed by atoms with van der Waals surface area (Å²) in [5, 5.41) is 8.62. The Morgan fingerprint density at radius 2 is 1.82 bits per heavy atom. The van der Waals surface area contributed by atoms with Crippen LogP contribution in [0.1, 0.15) is 46.0 Å². The van der Waals surface area contributed by atoms with E-state index in [2.05, 4.69) is 0 Å². The molecule has 0 saturated heterocycles. The zero-order valence-electron chi connectivity index (χ0n) is 10.8. The number of amides is 1. The van der Waals surface area contributed by atoms with E-state index >= 15 is 0 Å². The Bertz CT molecular complexity index is 242. The SMILES string of the molecule is CC(C)N(CCC(=O)O)C(=O)CCCCCN. The minimum Gasteiger partial charge on any atom is -0.481 e. The Morgan fingerprint density at radius 1 is 1.18 bits per heavy atom. The van der Waals surface area contributed by atoms with Crippen molar-refractivity contribution < 1.29 is 14.7 Å². The number of carbonyl (C=O) groups excluding carboxylic acids is 1. The van der Waals surface area contributed by atoms with Gasteiger partial charge < -0.3 is 15.7 Å². The number of nitrogens with two attached hydrogens (primary N) is 1. The average Bonchev–Trinajstić information content (AvgIpc) is 2.23. The predicted molar refractivity (Wildman–Crippen MR) is 66.6 cm³/mol. The van der Waals surface area contributed by atoms with Gasteiger partial charge in [-0.05, 0) is 33.2 Å². The fourth-order valence-electron chi connectivity index (χ4n) is 1.63. The molecule has 3 N–H and O–H groups in total. The molecule has 0 fully saturated rings. The van der Waals surface area contributed by atoms with Gasteiger partial charge in [0.2, 0.25) is 5.91 Å². The molecule has 0 aromatic carbocycles. The van der Waals surface area contributed by atoms with Crippen LogP contribution in [0, 0.1) is 0 Å². The van der Waals surface area contributed by atoms with Crippen LogP contribution in [0.15, 0.2) is 0 Å². The van der Waals surface area contributed by atoms with Crippen molar-refractivity contribution in [1.82, 2.24) is 4.90 Å². The molecule has 0 aliphatic carbocycles. The molecule has 0 aromatic heterocycles. The molecule has 1 amide bonds. The van der Waals surface area contributed by atoms with E-state index in [1.54, 1.807) is 4.90 Å². The fraction of sp³-hybridized carbons (Fsp3) is 0.833. The van der Waals surface area contributed by atoms with E-state index in [1.807, 2.05) is 13.8 Å². The van der Waals surface area contributed by atoms with E-state index in [1.165, 1.54) is 0 Å². The van der Waals surface area contributed by atoms with Crippen molar-refractivity contribution in [2.75, 3.05) is 13.1 Å². The van der Waals surface area contributed by atoms with Crippen molar-refractivity contribution in [2.24, 2.45) is 5.73 Å². The first kappa shape index (κ1) is 15.9. The standard InChI is InChI=1S/C12H24N2O3/c1-10(2)14(9-7-12(16)17)11(15)6-4-3-5-8-13/h10H,3-9,13H2,1-2H3,(H,16,17). The number of hydrogen-bond donors (Lipinski definition) is 2. The molecule has 0 aliphatic rings. The Kier molecular flexibility index (Phi) is 8.40. The van der Waals surface area contributed by atoms with Crippen molar-refractivity contribution in [1.29, 1.82) is 0 Å². The van der Waals surface area contributed by atoms with E-state index in [9.17, 15) is 9.59 Å². The van der Waals surface area contributed by atoms with Gasteiger partial charge in [0.05, 0.1) is 6.42 Å². The predicted octanol–water partition coefficient (Wildman–Crippen LogP) is 1.22. The fourth-order valence-corrected chi connectivity index (χ4v) is 1.63. The first-order chi connectivity index (χ1) is 7.99. The van der Waals surface area contributed by atoms with Crippen molar-refractivity contribution >= 4 is 11.9 Å². The molecule has 0 atom stereocenters. The number of nitrogens with zero attached hydrogens (tertiary/aromatic N) is 1. The number of unbranched alkanes of at least 4 members (excludes halogenated alkanes) is 2. The van der Waals surface area contributed by atoms with Gasteiger partial charge in [0.15, 0.2) is 0 Å². The highest BCUT2D eigenvalue weighted by molar-refractivity contribution is 5.77. The van der Waals surface area contributed by atoms with Gasteiger partial charge in [-0.2, -0.15) is 0 Å². The van der Waals surface area contributed by atoms with Gasteiger partial charge in [0.25, 0.3) is 0 Å². The lowest BCUT2D eigenvalue weighted by atomic mass is 10.1. The van der Waals surface area contributed by atoms with E-state index in [4.69, 9.17) is 10.8 Å². The zero-order valence-corrected chi connectivity index (χ0v) is 10.8. The van der Waals surface area contributed by atoms with Gasteiger partial charge in [0, 0.05) is 19.0 Å². The molecule has 0 aromatic rings. The second-order valence-corrected chi connectivity index (χ2v) is 4.42. The lowest BCUT2D eigenvalue weighted by molar-refractivity contribution is -0.139. The molecular formula is C12H24N2O3. The summed E-state index contributed by atoms with van der Waals surface area (Å²) in [6.07, 6.45) is 3.20. The Morgan fingerprint density at radius 3 is 2.29 bits per heavy atom. The molecule has 0 bridgehead atoms. The smallest absolute Gasteiger partial charge is 0.305 e. The average molecular weight is 244 g/mol. The van der Waals surface area contributed by atoms with Gasteiger partial charge in [0.1, 0.15) is 0 Å². The highest BCUT2D eigenvalue weighted by Crippen LogP contribution is 2.07. The largest absolute Gasteiger partial charge is 0.481 e. The Labute approximate surface area is 103 Å². The molecule has 0 rings (SSSR count). The maximum Gasteiger partial charge on any atom is 0.305 e. The molecule has 0 unspecified atom stereocenters. The van der Waals surface area contributed by atoms with Crippen molar-refractivity contribution in [2.45, 2.75) is 52.0 Å². The molecule has 17 heavy (non-hydrogen) atoms. The third-order valence-corrected chi connectivity index (χ3v) is 2.61. The monoisotopic (exact) mass is 244 g/mol. The summed E-state index contributed by atoms with van der Waals surface area (Å²) in [4.78, 5) is 24.0. The van der Waals surface area contributed by atoms with Gasteiger partial charge in [-0.3, -0.25) is 9.59 Å². The molecule has 0 radical (unpaired) electrons. The summed E-state index contributed by atoms with van der Waals surface area (Å²) >= 11 is 0. The summed E-state index contributed by atoms with van der Waals surface area (Å²) in [6.45, 7) is 4.75. The molecular weight excluding hydrogens is 220 g/mol. The first-order valence-corrected chi connectivity index (χ1v) is 6.20. The minimum absolute atomic E-state index is 0.00667. The van der Waals surface area contributed by atoms with Gasteiger partial charge in [-0.25, -0.2) is 0 Å². The second-order valence-electron chi connectivity index (χ2n) is 4.42. The molecule has 0 aliphatic heterocycles. The number of hydrogen-bond acceptors (Lipinski definition) is 3. The molecule has 5 heteroatoms. The summed E-state index contributed by atoms with van der Waals surface area (Å²) in [5.41, 5.74) is 5.37. The third-order valence-electron chi connectivity index (χ3n) is 2.61. The number of aliphatic carboxylic acids is 1. The Balaban J connectivity index is 4.02. The molecule has 5 nitrogen and oxygen atoms in total. The molecule has 0 heterocycles. The maximum atomic E-state index is 11.9. The van der Waals surface area contributed by atoms with Crippen molar-refractivity contribution in [3.63, 3.8) is 0 Å². The highest BCUT2D eigenvalue weighted by Gasteiger charge is 2.17. The summed E-state index contributed by atoms with van der Waals surface area (Å²) in [5.74, 6) is -0.829. The van der Waals surface area contributed by atoms with Crippen LogP contribution in [-0.2, 0) is 9.59 Å². The number of carboxylic acids is 1. The summed E-state index contributed by atoms with van der Waals surface area (Å²) < 4.78 is 0. The van der Waals surface area contributed by atoms with Crippen LogP contribution in [0.5, 0.6) is 0 Å². The second kappa shape index (κ2) is 8.98. The molecule has 0 spiro atoms. The third kappa shape index (κ3) is 7.74. The Hall–Kier alpha value is -1.10. The van der Waals surface area contributed by atoms with Gasteiger partial charge in [-0.1, -0.05) is 6.42 Å². The number of carbonyl (C=O) groups is 2. The van der Waals surface area contributed by atoms with Crippen LogP contribution in [-0.4, -0.2) is 41.0 Å². The van der Waals surface area contributed by atoms with E-state index in [0.717, 1.165) is 19.3 Å².